The van der Waals surface area contributed by atoms with Crippen LogP contribution in [0.1, 0.15) is 81.8 Å². The van der Waals surface area contributed by atoms with E-state index in [0.717, 1.165) is 113 Å². The molecule has 0 radical (unpaired) electrons. The minimum absolute atomic E-state index is 0.00766. The van der Waals surface area contributed by atoms with E-state index in [2.05, 4.69) is 26.7 Å². The summed E-state index contributed by atoms with van der Waals surface area (Å²) in [4.78, 5) is 78.3. The standard InChI is InChI=1S/C57H102N14O7S8/c1-2-21-71-44-48-12-10-47(11-13-48)43-67-78-28-6-32-81-35-9-38-83-39-14-51(74)68(25-18-64-55(58)59)22-3-29-79-33-7-36-82-40-15-52(75)70(27-20-66-57(62)63)24-5-31-85-45-49(72)50(73)46-86-42-17-53(76)69(26-19-65-56(60)61)23-4-30-80-34-8-37-84-41-16-54(71)77/h2,10-13,43,49-50,72-73H,1,3-9,14-42,44-46H2,(H4,58,59,64)(H4,60,61,65)(H4,62,63,66). The zero-order valence-corrected chi connectivity index (χ0v) is 57.2. The predicted octanol–water partition coefficient (Wildman–Crippen LogP) is 4.75. The molecule has 1 aromatic rings. The Balaban J connectivity index is 1.95. The summed E-state index contributed by atoms with van der Waals surface area (Å²) in [5, 5.41) is 25.7. The molecule has 2 unspecified atom stereocenters. The summed E-state index contributed by atoms with van der Waals surface area (Å²) in [6.07, 6.45) is 9.61. The number of benzene rings is 1. The second-order valence-corrected chi connectivity index (χ2v) is 29.5. The molecule has 21 nitrogen and oxygen atoms in total. The summed E-state index contributed by atoms with van der Waals surface area (Å²) in [6.45, 7) is 9.45. The summed E-state index contributed by atoms with van der Waals surface area (Å²) in [7, 11) is 0. The van der Waals surface area contributed by atoms with Crippen LogP contribution in [0, 0.1) is 0 Å². The van der Waals surface area contributed by atoms with Crippen molar-refractivity contribution in [3.63, 3.8) is 0 Å². The van der Waals surface area contributed by atoms with Gasteiger partial charge in [0.2, 0.25) is 23.6 Å². The molecule has 0 aromatic heterocycles. The van der Waals surface area contributed by atoms with Crippen LogP contribution in [0.5, 0.6) is 0 Å². The second kappa shape index (κ2) is 53.7. The van der Waals surface area contributed by atoms with Gasteiger partial charge in [0.15, 0.2) is 17.9 Å². The molecule has 0 spiro atoms. The van der Waals surface area contributed by atoms with Crippen molar-refractivity contribution in [1.82, 2.24) is 19.6 Å². The van der Waals surface area contributed by atoms with Gasteiger partial charge in [0.25, 0.3) is 0 Å². The number of carbonyl (C=O) groups excluding carboxylic acids is 4. The third-order valence-corrected chi connectivity index (χ3v) is 21.6. The van der Waals surface area contributed by atoms with Crippen LogP contribution in [0.4, 0.5) is 0 Å². The first-order chi connectivity index (χ1) is 41.7. The molecule has 2 aliphatic heterocycles. The van der Waals surface area contributed by atoms with E-state index in [4.69, 9.17) is 39.2 Å². The van der Waals surface area contributed by atoms with E-state index in [0.29, 0.717) is 133 Å². The number of aliphatic hydroxyl groups excluding tert-OH is 2. The Morgan fingerprint density at radius 2 is 0.837 bits per heavy atom. The molecular weight excluding hydrogens is 1250 g/mol. The van der Waals surface area contributed by atoms with E-state index in [1.165, 1.54) is 23.5 Å². The van der Waals surface area contributed by atoms with E-state index < -0.39 is 12.2 Å². The first kappa shape index (κ1) is 78.9. The largest absolute Gasteiger partial charge is 0.396 e. The number of aliphatic hydroxyl groups is 2. The number of rotatable bonds is 11. The molecule has 2 heterocycles. The number of amides is 4. The Morgan fingerprint density at radius 1 is 0.500 bits per heavy atom. The minimum atomic E-state index is -0.950. The lowest BCUT2D eigenvalue weighted by atomic mass is 10.1. The Kier molecular flexibility index (Phi) is 49.2. The number of carbonyl (C=O) groups is 4. The summed E-state index contributed by atoms with van der Waals surface area (Å²) >= 11 is 14.0. The molecular formula is C57H102N14O7S8. The quantitative estimate of drug-likeness (QED) is 0.0842. The molecule has 86 heavy (non-hydrogen) atoms. The van der Waals surface area contributed by atoms with E-state index in [9.17, 15) is 29.4 Å². The summed E-state index contributed by atoms with van der Waals surface area (Å²) in [6, 6.07) is 7.99. The van der Waals surface area contributed by atoms with Crippen LogP contribution >= 0.6 is 94.1 Å². The van der Waals surface area contributed by atoms with Gasteiger partial charge in [-0.2, -0.15) is 94.1 Å². The fourth-order valence-electron chi connectivity index (χ4n) is 8.07. The van der Waals surface area contributed by atoms with Gasteiger partial charge in [0.05, 0.1) is 38.1 Å². The van der Waals surface area contributed by atoms with Crippen molar-refractivity contribution in [2.24, 2.45) is 54.5 Å². The molecule has 0 fully saturated rings. The van der Waals surface area contributed by atoms with Gasteiger partial charge in [-0.05, 0) is 114 Å². The Hall–Kier alpha value is -3.16. The van der Waals surface area contributed by atoms with Crippen molar-refractivity contribution in [2.45, 2.75) is 89.4 Å². The van der Waals surface area contributed by atoms with E-state index in [-0.39, 0.29) is 47.9 Å². The van der Waals surface area contributed by atoms with Gasteiger partial charge in [-0.25, -0.2) is 0 Å². The van der Waals surface area contributed by atoms with Gasteiger partial charge in [-0.15, -0.1) is 6.58 Å². The second-order valence-electron chi connectivity index (χ2n) is 19.9. The highest BCUT2D eigenvalue weighted by Crippen LogP contribution is 2.18. The third kappa shape index (κ3) is 43.5. The van der Waals surface area contributed by atoms with Crippen LogP contribution < -0.4 is 34.4 Å². The fraction of sp³-hybridized carbons (Fsp3) is 0.719. The number of guanidine groups is 3. The Morgan fingerprint density at radius 3 is 1.23 bits per heavy atom. The average Bonchev–Trinajstić information content (AvgIpc) is 3.61. The van der Waals surface area contributed by atoms with Gasteiger partial charge in [-0.3, -0.25) is 34.2 Å². The Bertz CT molecular complexity index is 2100. The van der Waals surface area contributed by atoms with Crippen LogP contribution in [-0.2, 0) is 30.6 Å². The highest BCUT2D eigenvalue weighted by atomic mass is 32.2. The van der Waals surface area contributed by atoms with E-state index in [1.807, 2.05) is 81.1 Å². The van der Waals surface area contributed by atoms with Crippen LogP contribution in [0.2, 0.25) is 0 Å². The first-order valence-corrected chi connectivity index (χ1v) is 39.0. The SMILES string of the molecule is C=CCN1Cc2ccc(cc2)C=NOCCCSCCCSCCC(=O)N(CCN=C(N)N)CCCSCCCSCCC(=O)N(CCN=C(N)N)CCCSCC(O)C(O)CSCCC(=O)N(CCN=C(N)N)CCCSCCCSCCC1=O. The number of fused-ring (bicyclic) bond motifs is 53. The minimum Gasteiger partial charge on any atom is -0.396 e. The van der Waals surface area contributed by atoms with Crippen LogP contribution in [0.3, 0.4) is 0 Å². The van der Waals surface area contributed by atoms with Gasteiger partial charge in [-0.1, -0.05) is 35.5 Å². The van der Waals surface area contributed by atoms with Crippen LogP contribution in [0.15, 0.2) is 57.1 Å². The van der Waals surface area contributed by atoms with Crippen LogP contribution in [-0.4, -0.2) is 254 Å². The van der Waals surface area contributed by atoms with Crippen molar-refractivity contribution in [2.75, 3.05) is 164 Å². The van der Waals surface area contributed by atoms with Crippen molar-refractivity contribution >= 4 is 142 Å². The normalized spacial score (nSPS) is 20.7. The highest BCUT2D eigenvalue weighted by Gasteiger charge is 2.20. The smallest absolute Gasteiger partial charge is 0.223 e. The molecule has 490 valence electrons. The monoisotopic (exact) mass is 1350 g/mol. The number of hydrogen-bond donors (Lipinski definition) is 8. The lowest BCUT2D eigenvalue weighted by Gasteiger charge is -2.23. The molecule has 2 bridgehead atoms. The number of thioether (sulfide) groups is 8. The Labute approximate surface area is 547 Å². The molecule has 1 aromatic carbocycles. The maximum absolute atomic E-state index is 13.3. The van der Waals surface area contributed by atoms with Gasteiger partial charge in [0.1, 0.15) is 6.61 Å². The predicted molar refractivity (Wildman–Crippen MR) is 379 cm³/mol. The van der Waals surface area contributed by atoms with Crippen molar-refractivity contribution in [1.29, 1.82) is 0 Å². The molecule has 0 aliphatic carbocycles. The number of nitrogens with two attached hydrogens (primary N) is 6. The maximum Gasteiger partial charge on any atom is 0.223 e. The molecule has 2 aliphatic rings. The lowest BCUT2D eigenvalue weighted by Crippen LogP contribution is -2.36. The first-order valence-electron chi connectivity index (χ1n) is 29.8. The van der Waals surface area contributed by atoms with E-state index >= 15 is 0 Å². The van der Waals surface area contributed by atoms with Crippen molar-refractivity contribution in [3.05, 3.63) is 48.0 Å². The topological polar surface area (TPSA) is 336 Å². The molecule has 14 N–H and O–H groups in total. The zero-order chi connectivity index (χ0) is 62.7. The summed E-state index contributed by atoms with van der Waals surface area (Å²) < 4.78 is 0. The molecule has 0 saturated carbocycles. The van der Waals surface area contributed by atoms with Crippen molar-refractivity contribution in [3.8, 4) is 0 Å². The summed E-state index contributed by atoms with van der Waals surface area (Å²) in [5.74, 6) is 13.0. The van der Waals surface area contributed by atoms with Gasteiger partial charge < -0.3 is 69.1 Å². The third-order valence-electron chi connectivity index (χ3n) is 12.7. The van der Waals surface area contributed by atoms with Gasteiger partial charge >= 0.3 is 0 Å². The number of aliphatic imine (C=N–C) groups is 3. The van der Waals surface area contributed by atoms with Crippen LogP contribution in [0.25, 0.3) is 0 Å². The molecule has 3 rings (SSSR count). The van der Waals surface area contributed by atoms with E-state index in [1.54, 1.807) is 45.6 Å². The number of oxime groups is 1. The average molecular weight is 1350 g/mol. The molecule has 4 amide bonds. The lowest BCUT2D eigenvalue weighted by molar-refractivity contribution is -0.131. The number of nitrogens with zero attached hydrogens (tertiary/aromatic N) is 8. The molecule has 0 saturated heterocycles. The molecule has 29 heteroatoms. The zero-order valence-electron chi connectivity index (χ0n) is 50.6. The van der Waals surface area contributed by atoms with Gasteiger partial charge in [0, 0.05) is 113 Å². The highest BCUT2D eigenvalue weighted by molar-refractivity contribution is 8.01. The van der Waals surface area contributed by atoms with Crippen molar-refractivity contribution < 1.29 is 34.2 Å². The summed E-state index contributed by atoms with van der Waals surface area (Å²) in [5.41, 5.74) is 35.3. The maximum atomic E-state index is 13.3. The fourth-order valence-corrected chi connectivity index (χ4v) is 15.8. The molecule has 2 atom stereocenters. The number of hydrogen-bond acceptors (Lipinski definition) is 19.